The Morgan fingerprint density at radius 3 is 2.50 bits per heavy atom. The molecule has 1 aromatic heterocycles. The molecule has 1 rings (SSSR count). The molecule has 0 amide bonds. The van der Waals surface area contributed by atoms with Crippen molar-refractivity contribution in [1.29, 1.82) is 0 Å². The first-order valence-electron chi connectivity index (χ1n) is 4.56. The van der Waals surface area contributed by atoms with Crippen LogP contribution in [0.25, 0.3) is 0 Å². The highest BCUT2D eigenvalue weighted by molar-refractivity contribution is 9.09. The molecular formula is C9H16BrN3S. The van der Waals surface area contributed by atoms with Crippen LogP contribution in [0.1, 0.15) is 26.6 Å². The van der Waals surface area contributed by atoms with E-state index in [-0.39, 0.29) is 5.41 Å². The lowest BCUT2D eigenvalue weighted by Gasteiger charge is -2.14. The first-order chi connectivity index (χ1) is 6.45. The van der Waals surface area contributed by atoms with Gasteiger partial charge in [-0.3, -0.25) is 0 Å². The Morgan fingerprint density at radius 2 is 2.07 bits per heavy atom. The third kappa shape index (κ3) is 2.92. The zero-order chi connectivity index (χ0) is 10.8. The molecule has 0 saturated carbocycles. The van der Waals surface area contributed by atoms with Gasteiger partial charge in [0, 0.05) is 35.9 Å². The number of anilines is 1. The molecule has 14 heavy (non-hydrogen) atoms. The smallest absolute Gasteiger partial charge is 0.204 e. The number of nitrogens with zero attached hydrogens (tertiary/aromatic N) is 3. The van der Waals surface area contributed by atoms with Gasteiger partial charge in [-0.2, -0.15) is 4.37 Å². The maximum absolute atomic E-state index is 4.51. The molecule has 0 atom stereocenters. The lowest BCUT2D eigenvalue weighted by molar-refractivity contribution is 0.554. The lowest BCUT2D eigenvalue weighted by Crippen LogP contribution is -2.20. The van der Waals surface area contributed by atoms with Gasteiger partial charge in [-0.05, 0) is 0 Å². The molecule has 1 heterocycles. The minimum absolute atomic E-state index is 0.0456. The first-order valence-corrected chi connectivity index (χ1v) is 6.46. The fourth-order valence-corrected chi connectivity index (χ4v) is 2.27. The molecule has 0 aliphatic carbocycles. The van der Waals surface area contributed by atoms with Crippen LogP contribution >= 0.6 is 27.5 Å². The molecule has 0 aliphatic rings. The van der Waals surface area contributed by atoms with E-state index in [1.165, 1.54) is 11.5 Å². The quantitative estimate of drug-likeness (QED) is 0.796. The molecule has 1 aromatic rings. The van der Waals surface area contributed by atoms with Crippen molar-refractivity contribution < 1.29 is 0 Å². The Hall–Kier alpha value is -0.160. The van der Waals surface area contributed by atoms with Gasteiger partial charge in [-0.25, -0.2) is 4.98 Å². The molecule has 0 radical (unpaired) electrons. The minimum atomic E-state index is 0.0456. The summed E-state index contributed by atoms with van der Waals surface area (Å²) in [7, 11) is 2.04. The summed E-state index contributed by atoms with van der Waals surface area (Å²) >= 11 is 4.88. The van der Waals surface area contributed by atoms with Crippen molar-refractivity contribution in [2.24, 2.45) is 0 Å². The average molecular weight is 278 g/mol. The standard InChI is InChI=1S/C9H16BrN3S/c1-9(2,3)7-11-8(14-12-7)13(4)6-5-10/h5-6H2,1-4H3. The van der Waals surface area contributed by atoms with Crippen molar-refractivity contribution in [2.45, 2.75) is 26.2 Å². The fraction of sp³-hybridized carbons (Fsp3) is 0.778. The second kappa shape index (κ2) is 4.57. The van der Waals surface area contributed by atoms with Crippen LogP contribution in [-0.4, -0.2) is 28.3 Å². The van der Waals surface area contributed by atoms with Crippen molar-refractivity contribution in [3.63, 3.8) is 0 Å². The second-order valence-electron chi connectivity index (χ2n) is 4.26. The SMILES string of the molecule is CN(CCBr)c1nc(C(C)(C)C)ns1. The fourth-order valence-electron chi connectivity index (χ4n) is 0.898. The van der Waals surface area contributed by atoms with Gasteiger partial charge in [0.05, 0.1) is 0 Å². The molecule has 80 valence electrons. The van der Waals surface area contributed by atoms with Crippen molar-refractivity contribution in [1.82, 2.24) is 9.36 Å². The monoisotopic (exact) mass is 277 g/mol. The van der Waals surface area contributed by atoms with Gasteiger partial charge in [0.2, 0.25) is 5.13 Å². The molecule has 5 heteroatoms. The Labute approximate surface area is 97.8 Å². The molecule has 0 unspecified atom stereocenters. The van der Waals surface area contributed by atoms with E-state index in [2.05, 4.69) is 51.0 Å². The van der Waals surface area contributed by atoms with E-state index in [0.717, 1.165) is 22.8 Å². The highest BCUT2D eigenvalue weighted by atomic mass is 79.9. The van der Waals surface area contributed by atoms with E-state index in [1.807, 2.05) is 7.05 Å². The summed E-state index contributed by atoms with van der Waals surface area (Å²) in [6.07, 6.45) is 0. The van der Waals surface area contributed by atoms with E-state index in [1.54, 1.807) is 0 Å². The van der Waals surface area contributed by atoms with E-state index < -0.39 is 0 Å². The zero-order valence-electron chi connectivity index (χ0n) is 9.04. The van der Waals surface area contributed by atoms with Crippen molar-refractivity contribution in [3.05, 3.63) is 5.82 Å². The highest BCUT2D eigenvalue weighted by Gasteiger charge is 2.20. The van der Waals surface area contributed by atoms with Gasteiger partial charge in [0.25, 0.3) is 0 Å². The molecule has 0 aromatic carbocycles. The Kier molecular flexibility index (Phi) is 3.89. The number of hydrogen-bond acceptors (Lipinski definition) is 4. The Bertz CT molecular complexity index is 292. The molecule has 0 fully saturated rings. The van der Waals surface area contributed by atoms with Gasteiger partial charge in [-0.15, -0.1) is 0 Å². The van der Waals surface area contributed by atoms with Crippen molar-refractivity contribution in [3.8, 4) is 0 Å². The molecule has 0 N–H and O–H groups in total. The highest BCUT2D eigenvalue weighted by Crippen LogP contribution is 2.24. The van der Waals surface area contributed by atoms with Crippen LogP contribution in [-0.2, 0) is 5.41 Å². The van der Waals surface area contributed by atoms with Gasteiger partial charge in [-0.1, -0.05) is 36.7 Å². The maximum Gasteiger partial charge on any atom is 0.204 e. The summed E-state index contributed by atoms with van der Waals surface area (Å²) in [6, 6.07) is 0. The van der Waals surface area contributed by atoms with E-state index >= 15 is 0 Å². The molecular weight excluding hydrogens is 262 g/mol. The summed E-state index contributed by atoms with van der Waals surface area (Å²) in [6.45, 7) is 7.34. The normalized spacial score (nSPS) is 11.8. The predicted octanol–water partition coefficient (Wildman–Crippen LogP) is 2.67. The number of alkyl halides is 1. The second-order valence-corrected chi connectivity index (χ2v) is 5.78. The predicted molar refractivity (Wildman–Crippen MR) is 65.7 cm³/mol. The Balaban J connectivity index is 2.78. The van der Waals surface area contributed by atoms with Gasteiger partial charge >= 0.3 is 0 Å². The molecule has 0 bridgehead atoms. The summed E-state index contributed by atoms with van der Waals surface area (Å²) in [4.78, 5) is 6.63. The Morgan fingerprint density at radius 1 is 1.43 bits per heavy atom. The van der Waals surface area contributed by atoms with E-state index in [4.69, 9.17) is 0 Å². The van der Waals surface area contributed by atoms with Crippen LogP contribution in [0.4, 0.5) is 5.13 Å². The molecule has 3 nitrogen and oxygen atoms in total. The van der Waals surface area contributed by atoms with E-state index in [9.17, 15) is 0 Å². The first kappa shape index (κ1) is 11.9. The summed E-state index contributed by atoms with van der Waals surface area (Å²) in [5.74, 6) is 0.930. The van der Waals surface area contributed by atoms with Crippen molar-refractivity contribution >= 4 is 32.6 Å². The van der Waals surface area contributed by atoms with Crippen LogP contribution < -0.4 is 4.90 Å². The number of aromatic nitrogens is 2. The third-order valence-electron chi connectivity index (χ3n) is 1.83. The topological polar surface area (TPSA) is 29.0 Å². The van der Waals surface area contributed by atoms with Crippen molar-refractivity contribution in [2.75, 3.05) is 23.8 Å². The van der Waals surface area contributed by atoms with Crippen LogP contribution in [0.2, 0.25) is 0 Å². The number of rotatable bonds is 3. The molecule has 0 spiro atoms. The van der Waals surface area contributed by atoms with Gasteiger partial charge in [0.1, 0.15) is 5.82 Å². The zero-order valence-corrected chi connectivity index (χ0v) is 11.4. The largest absolute Gasteiger partial charge is 0.349 e. The maximum atomic E-state index is 4.51. The summed E-state index contributed by atoms with van der Waals surface area (Å²) in [5.41, 5.74) is 0.0456. The van der Waals surface area contributed by atoms with Crippen LogP contribution in [0.5, 0.6) is 0 Å². The number of halogens is 1. The molecule has 0 saturated heterocycles. The third-order valence-corrected chi connectivity index (χ3v) is 3.02. The van der Waals surface area contributed by atoms with Crippen LogP contribution in [0.3, 0.4) is 0 Å². The van der Waals surface area contributed by atoms with Crippen LogP contribution in [0, 0.1) is 0 Å². The summed E-state index contributed by atoms with van der Waals surface area (Å²) < 4.78 is 4.36. The number of hydrogen-bond donors (Lipinski definition) is 0. The van der Waals surface area contributed by atoms with Gasteiger partial charge in [0.15, 0.2) is 0 Å². The van der Waals surface area contributed by atoms with Gasteiger partial charge < -0.3 is 4.90 Å². The van der Waals surface area contributed by atoms with E-state index in [0.29, 0.717) is 0 Å². The molecule has 0 aliphatic heterocycles. The lowest BCUT2D eigenvalue weighted by atomic mass is 9.96. The average Bonchev–Trinajstić information content (AvgIpc) is 2.51. The van der Waals surface area contributed by atoms with Crippen LogP contribution in [0.15, 0.2) is 0 Å². The summed E-state index contributed by atoms with van der Waals surface area (Å²) in [5, 5.41) is 1.95. The minimum Gasteiger partial charge on any atom is -0.349 e.